The number of hydrogen-bond acceptors (Lipinski definition) is 2. The van der Waals surface area contributed by atoms with Gasteiger partial charge in [0, 0.05) is 75.0 Å². The van der Waals surface area contributed by atoms with Crippen LogP contribution in [-0.2, 0) is 57.6 Å². The van der Waals surface area contributed by atoms with Gasteiger partial charge in [-0.2, -0.15) is 0 Å². The number of fused-ring (bicyclic) bond motifs is 10. The summed E-state index contributed by atoms with van der Waals surface area (Å²) < 4.78 is 144. The summed E-state index contributed by atoms with van der Waals surface area (Å²) in [5.41, 5.74) is 21.5. The lowest BCUT2D eigenvalue weighted by Crippen LogP contribution is -2.61. The third-order valence-electron chi connectivity index (χ3n) is 24.2. The van der Waals surface area contributed by atoms with Crippen LogP contribution in [0.4, 0.5) is 34.1 Å². The van der Waals surface area contributed by atoms with Gasteiger partial charge in [-0.05, 0) is 303 Å². The van der Waals surface area contributed by atoms with Crippen LogP contribution in [0, 0.1) is 48.7 Å². The number of hydrogen-bond donors (Lipinski definition) is 0. The summed E-state index contributed by atoms with van der Waals surface area (Å²) in [7, 11) is 0. The molecule has 17 rings (SSSR count). The Bertz CT molecular complexity index is 7200. The van der Waals surface area contributed by atoms with Crippen LogP contribution in [0.1, 0.15) is 256 Å². The standard InChI is InChI=1S/C123H141BN4/c1-115(2,3)70-79-36-32-40-86(56-79)96-68-108(98(64-90(96)77-122(22,23)24)88-42-34-38-81(58-88)72-117(7,8)9)127-110-66-92(125-104-46-30-28-44-94(104)100-60-83(48-54-106(100)125)74-119(13,14)15)50-52-102(110)124-103-53-51-93(126-105-47-31-29-45-95(105)101-61-84(49-55-107(101)126)75-120(16,17)18)67-111(103)128(113-63-85(76-121(19,20)21)62-112(127)114(113)124)109-69-97(87-41-33-37-80(57-87)71-116(4,5)6)91(78-123(25,26)27)65-99(109)89-43-35-39-82(59-89)73-118(10,11)12/h28-69H,70-78H2,1-27H3/i28D,29D,30D,31D,44D,45D,46D,47D,74D2,75D2,76D2. The number of nitrogens with zero attached hydrogens (tertiary/aromatic N) is 4. The minimum absolute atomic E-state index is 0.0712. The van der Waals surface area contributed by atoms with Crippen LogP contribution in [0.3, 0.4) is 0 Å². The molecule has 13 aromatic carbocycles. The van der Waals surface area contributed by atoms with Crippen molar-refractivity contribution < 1.29 is 19.2 Å². The minimum Gasteiger partial charge on any atom is -0.311 e. The molecule has 5 heteroatoms. The first kappa shape index (κ1) is 73.0. The van der Waals surface area contributed by atoms with Crippen LogP contribution in [0.15, 0.2) is 255 Å². The topological polar surface area (TPSA) is 16.3 Å². The monoisotopic (exact) mass is 1700 g/mol. The van der Waals surface area contributed by atoms with Gasteiger partial charge in [0.1, 0.15) is 0 Å². The summed E-state index contributed by atoms with van der Waals surface area (Å²) in [6, 6.07) is 70.8. The van der Waals surface area contributed by atoms with Crippen molar-refractivity contribution in [3.63, 3.8) is 0 Å². The average Bonchev–Trinajstić information content (AvgIpc) is 0.735. The Morgan fingerprint density at radius 2 is 0.570 bits per heavy atom. The van der Waals surface area contributed by atoms with Crippen LogP contribution in [-0.4, -0.2) is 15.8 Å². The number of para-hydroxylation sites is 2. The van der Waals surface area contributed by atoms with Crippen molar-refractivity contribution in [2.24, 2.45) is 48.7 Å². The molecule has 2 aromatic heterocycles. The van der Waals surface area contributed by atoms with E-state index in [1.165, 1.54) is 11.1 Å². The molecule has 0 fully saturated rings. The quantitative estimate of drug-likeness (QED) is 0.0845. The van der Waals surface area contributed by atoms with Gasteiger partial charge < -0.3 is 18.9 Å². The van der Waals surface area contributed by atoms with E-state index >= 15 is 0 Å². The van der Waals surface area contributed by atoms with Crippen molar-refractivity contribution in [1.82, 2.24) is 9.13 Å². The maximum atomic E-state index is 11.3. The lowest BCUT2D eigenvalue weighted by Gasteiger charge is -2.46. The lowest BCUT2D eigenvalue weighted by atomic mass is 9.33. The molecular formula is C123H141BN4. The maximum Gasteiger partial charge on any atom is 0.252 e. The Hall–Kier alpha value is -10.9. The Morgan fingerprint density at radius 3 is 0.898 bits per heavy atom. The first-order chi connectivity index (χ1) is 65.6. The molecule has 15 aromatic rings. The number of aromatic nitrogens is 2. The van der Waals surface area contributed by atoms with Crippen molar-refractivity contribution >= 4 is 101 Å². The molecule has 0 unspecified atom stereocenters. The SMILES string of the molecule is [2H]c1c([2H])c([2H])c2c(c1[2H])c1cc(C([2H])([2H])C(C)(C)C)ccc1n2-c1ccc2c(c1)N(c1cc(-c3cccc(CC(C)(C)C)c3)c(CC(C)(C)C)cc1-c1cccc(CC(C)(C)C)c1)c1cc(C([2H])([2H])C(C)(C)C)cc3c1B2c1ccc(-n2c4ccc(C([2H])([2H])C(C)(C)C)cc4c4c([2H])c([2H])c([2H])c([2H])c42)cc1N3c1cc(-c2cccc(CC(C)(C)C)c2)c(CC(C)(C)C)cc1-c1cccc(CC(C)(C)C)c1. The molecule has 4 heterocycles. The van der Waals surface area contributed by atoms with Crippen LogP contribution >= 0.6 is 0 Å². The summed E-state index contributed by atoms with van der Waals surface area (Å²) in [6.45, 7) is 57.4. The van der Waals surface area contributed by atoms with Crippen molar-refractivity contribution in [2.45, 2.75) is 245 Å². The van der Waals surface area contributed by atoms with E-state index in [0.717, 1.165) is 120 Å². The molecule has 656 valence electrons. The fourth-order valence-corrected chi connectivity index (χ4v) is 20.2. The molecule has 2 aliphatic rings. The second kappa shape index (κ2) is 32.6. The summed E-state index contributed by atoms with van der Waals surface area (Å²) in [4.78, 5) is 4.80. The zero-order valence-corrected chi connectivity index (χ0v) is 81.2. The second-order valence-electron chi connectivity index (χ2n) is 47.5. The van der Waals surface area contributed by atoms with Crippen molar-refractivity contribution in [1.29, 1.82) is 0 Å². The molecule has 0 radical (unpaired) electrons. The van der Waals surface area contributed by atoms with Crippen LogP contribution < -0.4 is 26.2 Å². The van der Waals surface area contributed by atoms with E-state index in [9.17, 15) is 19.2 Å². The third kappa shape index (κ3) is 19.1. The highest BCUT2D eigenvalue weighted by molar-refractivity contribution is 7.00. The van der Waals surface area contributed by atoms with Gasteiger partial charge in [-0.3, -0.25) is 0 Å². The third-order valence-corrected chi connectivity index (χ3v) is 24.2. The first-order valence-electron chi connectivity index (χ1n) is 53.5. The van der Waals surface area contributed by atoms with E-state index in [1.807, 2.05) is 83.6 Å². The van der Waals surface area contributed by atoms with Gasteiger partial charge in [-0.25, -0.2) is 0 Å². The van der Waals surface area contributed by atoms with Gasteiger partial charge in [-0.15, -0.1) is 0 Å². The summed E-state index contributed by atoms with van der Waals surface area (Å²) in [6.07, 6.45) is -1.46. The molecular weight excluding hydrogens is 1540 g/mol. The van der Waals surface area contributed by atoms with Gasteiger partial charge in [0.05, 0.1) is 44.4 Å². The van der Waals surface area contributed by atoms with E-state index in [-0.39, 0.29) is 78.5 Å². The van der Waals surface area contributed by atoms with Gasteiger partial charge in [-0.1, -0.05) is 345 Å². The molecule has 0 amide bonds. The fraction of sp³-hybridized carbons (Fsp3) is 0.366. The van der Waals surface area contributed by atoms with E-state index in [4.69, 9.17) is 0 Å². The molecule has 2 aliphatic heterocycles. The van der Waals surface area contributed by atoms with E-state index < -0.39 is 66.2 Å². The lowest BCUT2D eigenvalue weighted by molar-refractivity contribution is 0.410. The molecule has 0 bridgehead atoms. The Balaban J connectivity index is 1.12. The molecule has 4 nitrogen and oxygen atoms in total. The van der Waals surface area contributed by atoms with E-state index in [0.29, 0.717) is 85.5 Å². The smallest absolute Gasteiger partial charge is 0.252 e. The zero-order chi connectivity index (χ0) is 104. The highest BCUT2D eigenvalue weighted by atomic mass is 15.2. The minimum atomic E-state index is -2.14. The van der Waals surface area contributed by atoms with Crippen LogP contribution in [0.25, 0.3) is 99.5 Å². The number of benzene rings is 13. The molecule has 0 atom stereocenters. The molecule has 0 saturated carbocycles. The average molecular weight is 1700 g/mol. The summed E-state index contributed by atoms with van der Waals surface area (Å²) >= 11 is 0. The van der Waals surface area contributed by atoms with Crippen LogP contribution in [0.5, 0.6) is 0 Å². The van der Waals surface area contributed by atoms with Crippen molar-refractivity contribution in [3.05, 3.63) is 305 Å². The Morgan fingerprint density at radius 1 is 0.250 bits per heavy atom. The Labute approximate surface area is 788 Å². The first-order valence-corrected chi connectivity index (χ1v) is 46.5. The molecule has 0 spiro atoms. The zero-order valence-electron chi connectivity index (χ0n) is 95.2. The molecule has 0 N–H and O–H groups in total. The summed E-state index contributed by atoms with van der Waals surface area (Å²) in [5, 5.41) is 1.38. The van der Waals surface area contributed by atoms with Gasteiger partial charge in [0.25, 0.3) is 6.71 Å². The Kier molecular flexibility index (Phi) is 18.6. The predicted molar refractivity (Wildman–Crippen MR) is 559 cm³/mol. The van der Waals surface area contributed by atoms with Gasteiger partial charge >= 0.3 is 0 Å². The highest BCUT2D eigenvalue weighted by Gasteiger charge is 2.46. The van der Waals surface area contributed by atoms with Gasteiger partial charge in [0.15, 0.2) is 0 Å². The maximum absolute atomic E-state index is 11.3. The van der Waals surface area contributed by atoms with Crippen molar-refractivity contribution in [2.75, 3.05) is 9.80 Å². The highest BCUT2D eigenvalue weighted by Crippen LogP contribution is 2.54. The van der Waals surface area contributed by atoms with Crippen molar-refractivity contribution in [3.8, 4) is 55.9 Å². The number of rotatable bonds is 17. The summed E-state index contributed by atoms with van der Waals surface area (Å²) in [5.74, 6) is 0. The van der Waals surface area contributed by atoms with Crippen LogP contribution in [0.2, 0.25) is 0 Å². The molecule has 128 heavy (non-hydrogen) atoms. The fourth-order valence-electron chi connectivity index (χ4n) is 20.2. The van der Waals surface area contributed by atoms with Gasteiger partial charge in [0.2, 0.25) is 0 Å². The largest absolute Gasteiger partial charge is 0.311 e. The van der Waals surface area contributed by atoms with E-state index in [1.54, 1.807) is 24.3 Å². The normalized spacial score (nSPS) is 15.6. The second-order valence-corrected chi connectivity index (χ2v) is 47.5. The molecule has 0 aliphatic carbocycles. The van der Waals surface area contributed by atoms with E-state index in [2.05, 4.69) is 304 Å². The molecule has 0 saturated heterocycles. The number of anilines is 6. The predicted octanol–water partition coefficient (Wildman–Crippen LogP) is 32.9.